The first-order valence-corrected chi connectivity index (χ1v) is 7.05. The Kier molecular flexibility index (Phi) is 4.50. The quantitative estimate of drug-likeness (QED) is 0.867. The van der Waals surface area contributed by atoms with E-state index in [1.165, 1.54) is 6.07 Å². The van der Waals surface area contributed by atoms with Gasteiger partial charge in [0.05, 0.1) is 18.3 Å². The van der Waals surface area contributed by atoms with Crippen LogP contribution in [-0.2, 0) is 0 Å². The second-order valence-corrected chi connectivity index (χ2v) is 5.77. The molecule has 3 N–H and O–H groups in total. The summed E-state index contributed by atoms with van der Waals surface area (Å²) in [7, 11) is 1.58. The Hall–Kier alpha value is -1.33. The first kappa shape index (κ1) is 15.1. The minimum Gasteiger partial charge on any atom is -0.497 e. The molecule has 0 saturated carbocycles. The van der Waals surface area contributed by atoms with E-state index in [0.29, 0.717) is 24.0 Å². The van der Waals surface area contributed by atoms with Crippen molar-refractivity contribution >= 4 is 5.69 Å². The summed E-state index contributed by atoms with van der Waals surface area (Å²) in [6.45, 7) is 6.62. The molecule has 0 bridgehead atoms. The molecule has 1 aromatic rings. The summed E-state index contributed by atoms with van der Waals surface area (Å²) >= 11 is 0. The normalized spacial score (nSPS) is 23.3. The predicted octanol–water partition coefficient (Wildman–Crippen LogP) is 2.06. The van der Waals surface area contributed by atoms with Crippen LogP contribution < -0.4 is 15.8 Å². The van der Waals surface area contributed by atoms with E-state index >= 15 is 0 Å². The van der Waals surface area contributed by atoms with Crippen molar-refractivity contribution in [1.29, 1.82) is 0 Å². The van der Waals surface area contributed by atoms with Gasteiger partial charge in [-0.25, -0.2) is 4.39 Å². The third-order valence-electron chi connectivity index (χ3n) is 4.08. The van der Waals surface area contributed by atoms with Crippen LogP contribution >= 0.6 is 0 Å². The van der Waals surface area contributed by atoms with E-state index in [-0.39, 0.29) is 11.4 Å². The molecule has 0 aliphatic carbocycles. The van der Waals surface area contributed by atoms with E-state index in [2.05, 4.69) is 24.1 Å². The van der Waals surface area contributed by atoms with Gasteiger partial charge in [-0.3, -0.25) is 4.90 Å². The van der Waals surface area contributed by atoms with Crippen LogP contribution in [-0.4, -0.2) is 43.2 Å². The fourth-order valence-corrected chi connectivity index (χ4v) is 2.68. The smallest absolute Gasteiger partial charge is 0.146 e. The summed E-state index contributed by atoms with van der Waals surface area (Å²) in [6.07, 6.45) is 0.915. The number of benzene rings is 1. The molecule has 2 rings (SSSR count). The Morgan fingerprint density at radius 1 is 1.50 bits per heavy atom. The first-order chi connectivity index (χ1) is 9.49. The van der Waals surface area contributed by atoms with E-state index in [9.17, 15) is 4.39 Å². The highest BCUT2D eigenvalue weighted by molar-refractivity contribution is 5.52. The van der Waals surface area contributed by atoms with Crippen molar-refractivity contribution in [3.8, 4) is 5.75 Å². The summed E-state index contributed by atoms with van der Waals surface area (Å²) in [6, 6.07) is 5.19. The summed E-state index contributed by atoms with van der Waals surface area (Å²) in [5.41, 5.74) is 6.15. The van der Waals surface area contributed by atoms with E-state index in [1.54, 1.807) is 19.2 Å². The lowest BCUT2D eigenvalue weighted by molar-refractivity contribution is 0.262. The molecule has 1 aromatic carbocycles. The molecule has 1 fully saturated rings. The Morgan fingerprint density at radius 3 is 2.80 bits per heavy atom. The van der Waals surface area contributed by atoms with Crippen LogP contribution in [0.3, 0.4) is 0 Å². The average molecular weight is 281 g/mol. The number of hydrogen-bond acceptors (Lipinski definition) is 4. The molecule has 0 amide bonds. The maximum absolute atomic E-state index is 13.9. The van der Waals surface area contributed by atoms with Gasteiger partial charge in [0, 0.05) is 31.7 Å². The van der Waals surface area contributed by atoms with Crippen LogP contribution in [0.25, 0.3) is 0 Å². The van der Waals surface area contributed by atoms with Crippen LogP contribution in [0.2, 0.25) is 0 Å². The van der Waals surface area contributed by atoms with Crippen molar-refractivity contribution in [3.05, 3.63) is 24.0 Å². The van der Waals surface area contributed by atoms with Crippen molar-refractivity contribution in [3.63, 3.8) is 0 Å². The van der Waals surface area contributed by atoms with E-state index in [1.807, 2.05) is 0 Å². The zero-order valence-corrected chi connectivity index (χ0v) is 12.4. The van der Waals surface area contributed by atoms with Crippen molar-refractivity contribution in [2.45, 2.75) is 31.8 Å². The maximum Gasteiger partial charge on any atom is 0.146 e. The highest BCUT2D eigenvalue weighted by Crippen LogP contribution is 2.29. The number of methoxy groups -OCH3 is 1. The Labute approximate surface area is 120 Å². The predicted molar refractivity (Wildman–Crippen MR) is 79.7 cm³/mol. The first-order valence-electron chi connectivity index (χ1n) is 7.05. The zero-order chi connectivity index (χ0) is 14.8. The van der Waals surface area contributed by atoms with Crippen LogP contribution in [0, 0.1) is 5.82 Å². The maximum atomic E-state index is 13.9. The van der Waals surface area contributed by atoms with Crippen LogP contribution in [0.5, 0.6) is 5.75 Å². The van der Waals surface area contributed by atoms with Crippen LogP contribution in [0.4, 0.5) is 10.1 Å². The Morgan fingerprint density at radius 2 is 2.25 bits per heavy atom. The summed E-state index contributed by atoms with van der Waals surface area (Å²) in [4.78, 5) is 2.36. The minimum absolute atomic E-state index is 0.266. The molecule has 1 saturated heterocycles. The van der Waals surface area contributed by atoms with Gasteiger partial charge in [-0.1, -0.05) is 0 Å². The monoisotopic (exact) mass is 281 g/mol. The molecule has 1 aliphatic heterocycles. The number of anilines is 1. The number of nitrogens with one attached hydrogen (secondary N) is 1. The number of ether oxygens (including phenoxy) is 1. The van der Waals surface area contributed by atoms with Crippen LogP contribution in [0.15, 0.2) is 18.2 Å². The molecular weight excluding hydrogens is 257 g/mol. The van der Waals surface area contributed by atoms with E-state index < -0.39 is 0 Å². The molecule has 1 atom stereocenters. The minimum atomic E-state index is -0.276. The number of rotatable bonds is 5. The van der Waals surface area contributed by atoms with Crippen molar-refractivity contribution in [2.24, 2.45) is 5.73 Å². The number of halogens is 1. The molecule has 0 spiro atoms. The summed E-state index contributed by atoms with van der Waals surface area (Å²) < 4.78 is 19.1. The Balaban J connectivity index is 2.19. The van der Waals surface area contributed by atoms with Crippen molar-refractivity contribution in [1.82, 2.24) is 4.90 Å². The zero-order valence-electron chi connectivity index (χ0n) is 12.4. The number of likely N-dealkylation sites (tertiary alicyclic amines) is 1. The molecule has 5 heteroatoms. The van der Waals surface area contributed by atoms with Gasteiger partial charge in [0.25, 0.3) is 0 Å². The van der Waals surface area contributed by atoms with Gasteiger partial charge in [-0.2, -0.15) is 0 Å². The van der Waals surface area contributed by atoms with Gasteiger partial charge in [-0.15, -0.1) is 0 Å². The van der Waals surface area contributed by atoms with Gasteiger partial charge in [0.1, 0.15) is 11.6 Å². The number of hydrogen-bond donors (Lipinski definition) is 2. The standard InChI is InChI=1S/C15H24FN3O/c1-11(2)19-7-6-15(9-17,10-19)18-14-8-12(20-3)4-5-13(14)16/h4-5,8,11,18H,6-7,9-10,17H2,1-3H3. The highest BCUT2D eigenvalue weighted by Gasteiger charge is 2.38. The van der Waals surface area contributed by atoms with Gasteiger partial charge in [0.2, 0.25) is 0 Å². The fourth-order valence-electron chi connectivity index (χ4n) is 2.68. The van der Waals surface area contributed by atoms with E-state index in [4.69, 9.17) is 10.5 Å². The van der Waals surface area contributed by atoms with Gasteiger partial charge in [0.15, 0.2) is 0 Å². The molecule has 0 radical (unpaired) electrons. The topological polar surface area (TPSA) is 50.5 Å². The molecular formula is C15H24FN3O. The molecule has 0 aromatic heterocycles. The molecule has 1 unspecified atom stereocenters. The Bertz CT molecular complexity index is 466. The molecule has 1 heterocycles. The fraction of sp³-hybridized carbons (Fsp3) is 0.600. The molecule has 4 nitrogen and oxygen atoms in total. The van der Waals surface area contributed by atoms with Crippen LogP contribution in [0.1, 0.15) is 20.3 Å². The molecule has 1 aliphatic rings. The molecule has 20 heavy (non-hydrogen) atoms. The lowest BCUT2D eigenvalue weighted by atomic mass is 9.98. The van der Waals surface area contributed by atoms with Gasteiger partial charge >= 0.3 is 0 Å². The van der Waals surface area contributed by atoms with Gasteiger partial charge in [-0.05, 0) is 32.4 Å². The third kappa shape index (κ3) is 3.04. The summed E-state index contributed by atoms with van der Waals surface area (Å²) in [5.74, 6) is 0.362. The SMILES string of the molecule is COc1ccc(F)c(NC2(CN)CCN(C(C)C)C2)c1. The second kappa shape index (κ2) is 5.97. The van der Waals surface area contributed by atoms with Gasteiger partial charge < -0.3 is 15.8 Å². The molecule has 112 valence electrons. The lowest BCUT2D eigenvalue weighted by Gasteiger charge is -2.31. The third-order valence-corrected chi connectivity index (χ3v) is 4.08. The largest absolute Gasteiger partial charge is 0.497 e. The average Bonchev–Trinajstić information content (AvgIpc) is 2.86. The lowest BCUT2D eigenvalue weighted by Crippen LogP contribution is -2.48. The number of nitrogens with zero attached hydrogens (tertiary/aromatic N) is 1. The highest BCUT2D eigenvalue weighted by atomic mass is 19.1. The second-order valence-electron chi connectivity index (χ2n) is 5.77. The van der Waals surface area contributed by atoms with Crippen molar-refractivity contribution < 1.29 is 9.13 Å². The van der Waals surface area contributed by atoms with E-state index in [0.717, 1.165) is 19.5 Å². The number of nitrogens with two attached hydrogens (primary N) is 1. The summed E-state index contributed by atoms with van der Waals surface area (Å²) in [5, 5.41) is 3.31. The van der Waals surface area contributed by atoms with Crippen molar-refractivity contribution in [2.75, 3.05) is 32.1 Å².